The molecule has 0 saturated heterocycles. The van der Waals surface area contributed by atoms with Gasteiger partial charge in [0.2, 0.25) is 5.91 Å². The lowest BCUT2D eigenvalue weighted by Crippen LogP contribution is -2.27. The third-order valence-electron chi connectivity index (χ3n) is 3.33. The lowest BCUT2D eigenvalue weighted by molar-refractivity contribution is -0.120. The highest BCUT2D eigenvalue weighted by Gasteiger charge is 2.03. The average molecular weight is 340 g/mol. The molecule has 0 saturated carbocycles. The van der Waals surface area contributed by atoms with Gasteiger partial charge in [0.1, 0.15) is 24.7 Å². The van der Waals surface area contributed by atoms with Gasteiger partial charge in [-0.05, 0) is 42.0 Å². The van der Waals surface area contributed by atoms with Gasteiger partial charge in [0.15, 0.2) is 0 Å². The third kappa shape index (κ3) is 6.53. The van der Waals surface area contributed by atoms with E-state index in [1.807, 2.05) is 12.1 Å². The second-order valence-corrected chi connectivity index (χ2v) is 5.23. The summed E-state index contributed by atoms with van der Waals surface area (Å²) in [4.78, 5) is 11.6. The first-order valence-corrected chi connectivity index (χ1v) is 7.93. The Morgan fingerprint density at radius 1 is 1.00 bits per heavy atom. The van der Waals surface area contributed by atoms with Crippen LogP contribution in [0.2, 0.25) is 0 Å². The molecule has 0 unspecified atom stereocenters. The summed E-state index contributed by atoms with van der Waals surface area (Å²) in [7, 11) is 0. The minimum atomic E-state index is -0.126. The molecule has 0 spiro atoms. The number of hydrogen-bond acceptors (Lipinski definition) is 5. The Kier molecular flexibility index (Phi) is 7.29. The van der Waals surface area contributed by atoms with Crippen LogP contribution < -0.4 is 14.8 Å². The number of amides is 1. The smallest absolute Gasteiger partial charge is 0.224 e. The molecule has 0 aliphatic carbocycles. The molecule has 0 aliphatic rings. The normalized spacial score (nSPS) is 9.92. The molecular formula is C19H20N2O4. The zero-order valence-corrected chi connectivity index (χ0v) is 13.8. The highest BCUT2D eigenvalue weighted by Crippen LogP contribution is 2.14. The van der Waals surface area contributed by atoms with Crippen molar-refractivity contribution in [3.05, 3.63) is 59.7 Å². The van der Waals surface area contributed by atoms with Crippen molar-refractivity contribution in [3.63, 3.8) is 0 Å². The molecule has 0 aromatic heterocycles. The number of nitrogens with one attached hydrogen (secondary N) is 1. The molecule has 6 heteroatoms. The van der Waals surface area contributed by atoms with Crippen LogP contribution in [0.25, 0.3) is 0 Å². The van der Waals surface area contributed by atoms with Crippen LogP contribution >= 0.6 is 0 Å². The van der Waals surface area contributed by atoms with Gasteiger partial charge >= 0.3 is 0 Å². The van der Waals surface area contributed by atoms with Gasteiger partial charge in [0.05, 0.1) is 24.7 Å². The molecule has 2 rings (SSSR count). The van der Waals surface area contributed by atoms with Gasteiger partial charge in [-0.25, -0.2) is 0 Å². The summed E-state index contributed by atoms with van der Waals surface area (Å²) in [5, 5.41) is 20.0. The van der Waals surface area contributed by atoms with Crippen molar-refractivity contribution in [2.24, 2.45) is 0 Å². The molecule has 0 aliphatic heterocycles. The van der Waals surface area contributed by atoms with Crippen LogP contribution in [0.5, 0.6) is 11.5 Å². The van der Waals surface area contributed by atoms with E-state index >= 15 is 0 Å². The van der Waals surface area contributed by atoms with E-state index in [0.29, 0.717) is 30.3 Å². The van der Waals surface area contributed by atoms with Gasteiger partial charge in [-0.3, -0.25) is 4.79 Å². The van der Waals surface area contributed by atoms with E-state index in [0.717, 1.165) is 5.56 Å². The van der Waals surface area contributed by atoms with Crippen molar-refractivity contribution in [2.45, 2.75) is 6.42 Å². The summed E-state index contributed by atoms with van der Waals surface area (Å²) in [6.07, 6.45) is 0.266. The van der Waals surface area contributed by atoms with E-state index in [-0.39, 0.29) is 25.5 Å². The van der Waals surface area contributed by atoms with Crippen LogP contribution in [0.1, 0.15) is 11.1 Å². The monoisotopic (exact) mass is 340 g/mol. The van der Waals surface area contributed by atoms with E-state index in [9.17, 15) is 4.79 Å². The van der Waals surface area contributed by atoms with Crippen molar-refractivity contribution >= 4 is 5.91 Å². The molecule has 0 fully saturated rings. The SMILES string of the molecule is N#Cc1ccc(OCCOc2ccc(CC(=O)NCCO)cc2)cc1. The Balaban J connectivity index is 1.70. The first kappa shape index (κ1) is 18.3. The molecule has 0 atom stereocenters. The number of nitrogens with zero attached hydrogens (tertiary/aromatic N) is 1. The van der Waals surface area contributed by atoms with Crippen molar-refractivity contribution < 1.29 is 19.4 Å². The minimum absolute atomic E-state index is 0.0664. The number of carbonyl (C=O) groups excluding carboxylic acids is 1. The van der Waals surface area contributed by atoms with Crippen LogP contribution in [0.4, 0.5) is 0 Å². The molecule has 2 aromatic rings. The summed E-state index contributed by atoms with van der Waals surface area (Å²) in [5.41, 5.74) is 1.46. The number of nitriles is 1. The highest BCUT2D eigenvalue weighted by molar-refractivity contribution is 5.78. The fourth-order valence-corrected chi connectivity index (χ4v) is 2.09. The Hall–Kier alpha value is -3.04. The van der Waals surface area contributed by atoms with Crippen LogP contribution in [0.15, 0.2) is 48.5 Å². The number of hydrogen-bond donors (Lipinski definition) is 2. The van der Waals surface area contributed by atoms with Crippen molar-refractivity contribution in [3.8, 4) is 17.6 Å². The average Bonchev–Trinajstić information content (AvgIpc) is 2.65. The summed E-state index contributed by atoms with van der Waals surface area (Å²) < 4.78 is 11.1. The van der Waals surface area contributed by atoms with Gasteiger partial charge in [-0.15, -0.1) is 0 Å². The second kappa shape index (κ2) is 9.96. The quantitative estimate of drug-likeness (QED) is 0.678. The predicted molar refractivity (Wildman–Crippen MR) is 92.4 cm³/mol. The number of rotatable bonds is 9. The summed E-state index contributed by atoms with van der Waals surface area (Å²) in [6, 6.07) is 16.2. The maximum absolute atomic E-state index is 11.6. The Morgan fingerprint density at radius 2 is 1.56 bits per heavy atom. The maximum atomic E-state index is 11.6. The van der Waals surface area contributed by atoms with Crippen LogP contribution in [-0.2, 0) is 11.2 Å². The van der Waals surface area contributed by atoms with Gasteiger partial charge in [-0.1, -0.05) is 12.1 Å². The van der Waals surface area contributed by atoms with Gasteiger partial charge in [-0.2, -0.15) is 5.26 Å². The molecule has 130 valence electrons. The third-order valence-corrected chi connectivity index (χ3v) is 3.33. The lowest BCUT2D eigenvalue weighted by atomic mass is 10.1. The van der Waals surface area contributed by atoms with E-state index in [1.54, 1.807) is 36.4 Å². The van der Waals surface area contributed by atoms with Crippen molar-refractivity contribution in [2.75, 3.05) is 26.4 Å². The fourth-order valence-electron chi connectivity index (χ4n) is 2.09. The summed E-state index contributed by atoms with van der Waals surface area (Å²) in [5.74, 6) is 1.26. The van der Waals surface area contributed by atoms with Crippen LogP contribution in [-0.4, -0.2) is 37.4 Å². The molecule has 1 amide bonds. The van der Waals surface area contributed by atoms with E-state index < -0.39 is 0 Å². The standard InChI is InChI=1S/C19H20N2O4/c20-14-16-3-7-18(8-4-16)25-12-11-24-17-5-1-15(2-6-17)13-19(23)21-9-10-22/h1-8,22H,9-13H2,(H,21,23). The minimum Gasteiger partial charge on any atom is -0.490 e. The molecule has 6 nitrogen and oxygen atoms in total. The number of benzene rings is 2. The molecule has 0 heterocycles. The fraction of sp³-hybridized carbons (Fsp3) is 0.263. The van der Waals surface area contributed by atoms with Crippen molar-refractivity contribution in [1.82, 2.24) is 5.32 Å². The maximum Gasteiger partial charge on any atom is 0.224 e. The topological polar surface area (TPSA) is 91.6 Å². The van der Waals surface area contributed by atoms with Crippen molar-refractivity contribution in [1.29, 1.82) is 5.26 Å². The van der Waals surface area contributed by atoms with E-state index in [2.05, 4.69) is 11.4 Å². The zero-order chi connectivity index (χ0) is 17.9. The Morgan fingerprint density at radius 3 is 2.08 bits per heavy atom. The largest absolute Gasteiger partial charge is 0.490 e. The van der Waals surface area contributed by atoms with Crippen LogP contribution in [0.3, 0.4) is 0 Å². The number of aliphatic hydroxyl groups excluding tert-OH is 1. The lowest BCUT2D eigenvalue weighted by Gasteiger charge is -2.09. The molecule has 0 bridgehead atoms. The summed E-state index contributed by atoms with van der Waals surface area (Å²) in [6.45, 7) is 0.968. The molecular weight excluding hydrogens is 320 g/mol. The second-order valence-electron chi connectivity index (χ2n) is 5.23. The van der Waals surface area contributed by atoms with Gasteiger partial charge in [0, 0.05) is 6.54 Å². The first-order valence-electron chi connectivity index (χ1n) is 7.93. The molecule has 2 aromatic carbocycles. The van der Waals surface area contributed by atoms with E-state index in [1.165, 1.54) is 0 Å². The van der Waals surface area contributed by atoms with E-state index in [4.69, 9.17) is 19.8 Å². The number of carbonyl (C=O) groups is 1. The summed E-state index contributed by atoms with van der Waals surface area (Å²) >= 11 is 0. The van der Waals surface area contributed by atoms with Gasteiger partial charge in [0.25, 0.3) is 0 Å². The molecule has 0 radical (unpaired) electrons. The van der Waals surface area contributed by atoms with Gasteiger partial charge < -0.3 is 19.9 Å². The molecule has 25 heavy (non-hydrogen) atoms. The van der Waals surface area contributed by atoms with Crippen LogP contribution in [0, 0.1) is 11.3 Å². The highest BCUT2D eigenvalue weighted by atomic mass is 16.5. The first-order chi connectivity index (χ1) is 12.2. The Bertz CT molecular complexity index is 706. The molecule has 2 N–H and O–H groups in total. The number of aliphatic hydroxyl groups is 1. The number of ether oxygens (including phenoxy) is 2. The Labute approximate surface area is 146 Å². The predicted octanol–water partition coefficient (Wildman–Crippen LogP) is 1.67. The zero-order valence-electron chi connectivity index (χ0n) is 13.8.